The Bertz CT molecular complexity index is 772. The Labute approximate surface area is 118 Å². The third-order valence-electron chi connectivity index (χ3n) is 2.73. The quantitative estimate of drug-likeness (QED) is 0.723. The predicted octanol–water partition coefficient (Wildman–Crippen LogP) is 2.13. The summed E-state index contributed by atoms with van der Waals surface area (Å²) in [5.41, 5.74) is 1.87. The Balaban J connectivity index is 2.07. The largest absolute Gasteiger partial charge is 0.236 e. The van der Waals surface area contributed by atoms with Gasteiger partial charge in [-0.1, -0.05) is 11.6 Å². The number of nitrogens with zero attached hydrogens (tertiary/aromatic N) is 6. The van der Waals surface area contributed by atoms with Crippen molar-refractivity contribution in [3.8, 4) is 22.8 Å². The molecule has 100 valence electrons. The predicted molar refractivity (Wildman–Crippen MR) is 70.2 cm³/mol. The van der Waals surface area contributed by atoms with Crippen LogP contribution < -0.4 is 0 Å². The number of benzene rings is 1. The second-order valence-electron chi connectivity index (χ2n) is 4.04. The molecular formula is C12H8ClFN6. The highest BCUT2D eigenvalue weighted by Gasteiger charge is 2.10. The van der Waals surface area contributed by atoms with Gasteiger partial charge in [-0.2, -0.15) is 0 Å². The number of tetrazole rings is 1. The van der Waals surface area contributed by atoms with Crippen LogP contribution in [0.25, 0.3) is 22.8 Å². The van der Waals surface area contributed by atoms with Gasteiger partial charge < -0.3 is 0 Å². The molecule has 2 aromatic heterocycles. The van der Waals surface area contributed by atoms with Crippen LogP contribution in [0, 0.1) is 5.82 Å². The molecule has 8 heteroatoms. The van der Waals surface area contributed by atoms with Gasteiger partial charge in [0.2, 0.25) is 5.82 Å². The standard InChI is InChI=1S/C12H8ClFN6/c1-20-12(17-18-19-20)11-5-10(15-6-16-11)7-2-3-9(14)8(13)4-7/h2-6H,1H3. The van der Waals surface area contributed by atoms with E-state index in [9.17, 15) is 4.39 Å². The molecule has 0 atom stereocenters. The minimum Gasteiger partial charge on any atom is -0.236 e. The monoisotopic (exact) mass is 290 g/mol. The molecule has 2 heterocycles. The van der Waals surface area contributed by atoms with E-state index in [1.807, 2.05) is 0 Å². The summed E-state index contributed by atoms with van der Waals surface area (Å²) in [4.78, 5) is 8.28. The van der Waals surface area contributed by atoms with Crippen LogP contribution in [0.2, 0.25) is 5.02 Å². The summed E-state index contributed by atoms with van der Waals surface area (Å²) >= 11 is 5.77. The normalized spacial score (nSPS) is 10.8. The van der Waals surface area contributed by atoms with Crippen LogP contribution in [0.1, 0.15) is 0 Å². The lowest BCUT2D eigenvalue weighted by Gasteiger charge is -2.04. The van der Waals surface area contributed by atoms with Gasteiger partial charge in [0.05, 0.1) is 10.7 Å². The highest BCUT2D eigenvalue weighted by atomic mass is 35.5. The number of aromatic nitrogens is 6. The summed E-state index contributed by atoms with van der Waals surface area (Å²) in [5, 5.41) is 11.2. The first-order valence-corrected chi connectivity index (χ1v) is 6.03. The Morgan fingerprint density at radius 1 is 1.15 bits per heavy atom. The molecule has 0 aliphatic rings. The first kappa shape index (κ1) is 12.6. The van der Waals surface area contributed by atoms with Crippen LogP contribution >= 0.6 is 11.6 Å². The van der Waals surface area contributed by atoms with Crippen LogP contribution in [0.15, 0.2) is 30.6 Å². The molecule has 0 aliphatic carbocycles. The molecule has 0 amide bonds. The first-order chi connectivity index (χ1) is 9.65. The molecular weight excluding hydrogens is 283 g/mol. The second-order valence-corrected chi connectivity index (χ2v) is 4.45. The smallest absolute Gasteiger partial charge is 0.200 e. The molecule has 0 saturated heterocycles. The van der Waals surface area contributed by atoms with Crippen LogP contribution in [0.3, 0.4) is 0 Å². The topological polar surface area (TPSA) is 69.4 Å². The molecule has 6 nitrogen and oxygen atoms in total. The van der Waals surface area contributed by atoms with Gasteiger partial charge in [-0.05, 0) is 34.7 Å². The fraction of sp³-hybridized carbons (Fsp3) is 0.0833. The zero-order valence-corrected chi connectivity index (χ0v) is 11.1. The fourth-order valence-corrected chi connectivity index (χ4v) is 1.92. The van der Waals surface area contributed by atoms with E-state index >= 15 is 0 Å². The molecule has 20 heavy (non-hydrogen) atoms. The number of hydrogen-bond acceptors (Lipinski definition) is 5. The molecule has 3 rings (SSSR count). The molecule has 0 saturated carbocycles. The SMILES string of the molecule is Cn1nnnc1-c1cc(-c2ccc(F)c(Cl)c2)ncn1. The highest BCUT2D eigenvalue weighted by Crippen LogP contribution is 2.25. The van der Waals surface area contributed by atoms with Crippen molar-refractivity contribution in [1.82, 2.24) is 30.2 Å². The maximum atomic E-state index is 13.2. The molecule has 1 aromatic carbocycles. The van der Waals surface area contributed by atoms with Gasteiger partial charge in [-0.3, -0.25) is 0 Å². The van der Waals surface area contributed by atoms with Crippen molar-refractivity contribution in [2.75, 3.05) is 0 Å². The van der Waals surface area contributed by atoms with Crippen LogP contribution in [-0.4, -0.2) is 30.2 Å². The van der Waals surface area contributed by atoms with Crippen molar-refractivity contribution in [2.24, 2.45) is 7.05 Å². The van der Waals surface area contributed by atoms with Gasteiger partial charge in [0.25, 0.3) is 0 Å². The molecule has 0 unspecified atom stereocenters. The maximum absolute atomic E-state index is 13.2. The van der Waals surface area contributed by atoms with Crippen molar-refractivity contribution in [2.45, 2.75) is 0 Å². The van der Waals surface area contributed by atoms with Crippen molar-refractivity contribution >= 4 is 11.6 Å². The lowest BCUT2D eigenvalue weighted by atomic mass is 10.1. The van der Waals surface area contributed by atoms with E-state index in [0.29, 0.717) is 22.8 Å². The number of aryl methyl sites for hydroxylation is 1. The molecule has 0 aliphatic heterocycles. The van der Waals surface area contributed by atoms with Crippen LogP contribution in [-0.2, 0) is 7.05 Å². The van der Waals surface area contributed by atoms with Gasteiger partial charge in [-0.15, -0.1) is 5.10 Å². The Morgan fingerprint density at radius 3 is 2.65 bits per heavy atom. The summed E-state index contributed by atoms with van der Waals surface area (Å²) in [5.74, 6) is 0.0454. The minimum atomic E-state index is -0.470. The summed E-state index contributed by atoms with van der Waals surface area (Å²) in [6.07, 6.45) is 1.40. The molecule has 0 bridgehead atoms. The van der Waals surface area contributed by atoms with Crippen molar-refractivity contribution in [3.05, 3.63) is 41.4 Å². The van der Waals surface area contributed by atoms with Gasteiger partial charge in [-0.25, -0.2) is 19.0 Å². The second kappa shape index (κ2) is 4.93. The summed E-state index contributed by atoms with van der Waals surface area (Å²) < 4.78 is 14.7. The third-order valence-corrected chi connectivity index (χ3v) is 3.02. The van der Waals surface area contributed by atoms with E-state index in [0.717, 1.165) is 0 Å². The van der Waals surface area contributed by atoms with E-state index in [1.54, 1.807) is 19.2 Å². The zero-order valence-electron chi connectivity index (χ0n) is 10.3. The molecule has 0 N–H and O–H groups in total. The minimum absolute atomic E-state index is 0.0444. The van der Waals surface area contributed by atoms with Crippen LogP contribution in [0.5, 0.6) is 0 Å². The zero-order chi connectivity index (χ0) is 14.1. The van der Waals surface area contributed by atoms with E-state index in [-0.39, 0.29) is 5.02 Å². The summed E-state index contributed by atoms with van der Waals surface area (Å²) in [6.45, 7) is 0. The summed E-state index contributed by atoms with van der Waals surface area (Å²) in [6, 6.07) is 6.12. The average Bonchev–Trinajstić information content (AvgIpc) is 2.88. The lowest BCUT2D eigenvalue weighted by Crippen LogP contribution is -1.97. The maximum Gasteiger partial charge on any atom is 0.200 e. The van der Waals surface area contributed by atoms with Gasteiger partial charge in [0.15, 0.2) is 0 Å². The average molecular weight is 291 g/mol. The van der Waals surface area contributed by atoms with E-state index in [4.69, 9.17) is 11.6 Å². The van der Waals surface area contributed by atoms with Gasteiger partial charge >= 0.3 is 0 Å². The number of hydrogen-bond donors (Lipinski definition) is 0. The fourth-order valence-electron chi connectivity index (χ4n) is 1.74. The molecule has 0 radical (unpaired) electrons. The van der Waals surface area contributed by atoms with Crippen molar-refractivity contribution < 1.29 is 4.39 Å². The Kier molecular flexibility index (Phi) is 3.11. The molecule has 0 spiro atoms. The number of rotatable bonds is 2. The van der Waals surface area contributed by atoms with Crippen molar-refractivity contribution in [3.63, 3.8) is 0 Å². The Hall–Kier alpha value is -2.41. The van der Waals surface area contributed by atoms with E-state index in [1.165, 1.54) is 23.1 Å². The first-order valence-electron chi connectivity index (χ1n) is 5.65. The van der Waals surface area contributed by atoms with E-state index < -0.39 is 5.82 Å². The molecule has 3 aromatic rings. The van der Waals surface area contributed by atoms with Crippen LogP contribution in [0.4, 0.5) is 4.39 Å². The van der Waals surface area contributed by atoms with Crippen molar-refractivity contribution in [1.29, 1.82) is 0 Å². The van der Waals surface area contributed by atoms with Gasteiger partial charge in [0, 0.05) is 12.6 Å². The summed E-state index contributed by atoms with van der Waals surface area (Å²) in [7, 11) is 1.71. The van der Waals surface area contributed by atoms with Gasteiger partial charge in [0.1, 0.15) is 17.8 Å². The lowest BCUT2D eigenvalue weighted by molar-refractivity contribution is 0.628. The Morgan fingerprint density at radius 2 is 1.95 bits per heavy atom. The third kappa shape index (κ3) is 2.23. The number of halogens is 2. The van der Waals surface area contributed by atoms with E-state index in [2.05, 4.69) is 25.5 Å². The highest BCUT2D eigenvalue weighted by molar-refractivity contribution is 6.31. The molecule has 0 fully saturated rings.